The Bertz CT molecular complexity index is 586. The van der Waals surface area contributed by atoms with Gasteiger partial charge in [-0.05, 0) is 30.4 Å². The lowest BCUT2D eigenvalue weighted by Gasteiger charge is -2.21. The fraction of sp³-hybridized carbons (Fsp3) is 0.500. The number of hydrogen-bond acceptors (Lipinski definition) is 3. The molecule has 2 N–H and O–H groups in total. The van der Waals surface area contributed by atoms with E-state index >= 15 is 0 Å². The van der Waals surface area contributed by atoms with E-state index < -0.39 is 0 Å². The molecule has 0 heterocycles. The molecule has 0 radical (unpaired) electrons. The summed E-state index contributed by atoms with van der Waals surface area (Å²) < 4.78 is 0. The molecule has 0 atom stereocenters. The van der Waals surface area contributed by atoms with Gasteiger partial charge in [-0.1, -0.05) is 37.5 Å². The van der Waals surface area contributed by atoms with Gasteiger partial charge in [0.1, 0.15) is 6.42 Å². The molecule has 122 valence electrons. The summed E-state index contributed by atoms with van der Waals surface area (Å²) in [6.45, 7) is 0.383. The highest BCUT2D eigenvalue weighted by Gasteiger charge is 2.17. The molecule has 5 heteroatoms. The van der Waals surface area contributed by atoms with E-state index in [0.717, 1.165) is 18.4 Å². The molecule has 0 bridgehead atoms. The summed E-state index contributed by atoms with van der Waals surface area (Å²) >= 11 is 0. The number of benzene rings is 1. The maximum atomic E-state index is 12.1. The van der Waals surface area contributed by atoms with Crippen LogP contribution in [-0.4, -0.2) is 11.8 Å². The van der Waals surface area contributed by atoms with E-state index in [-0.39, 0.29) is 18.2 Å². The van der Waals surface area contributed by atoms with E-state index in [9.17, 15) is 9.59 Å². The van der Waals surface area contributed by atoms with Crippen LogP contribution in [0.3, 0.4) is 0 Å². The number of nitrogens with zero attached hydrogens (tertiary/aromatic N) is 1. The van der Waals surface area contributed by atoms with Gasteiger partial charge in [-0.2, -0.15) is 5.26 Å². The van der Waals surface area contributed by atoms with Crippen LogP contribution in [0.15, 0.2) is 24.3 Å². The third-order valence-electron chi connectivity index (χ3n) is 4.21. The lowest BCUT2D eigenvalue weighted by atomic mass is 9.87. The molecule has 1 aromatic rings. The third-order valence-corrected chi connectivity index (χ3v) is 4.21. The monoisotopic (exact) mass is 313 g/mol. The van der Waals surface area contributed by atoms with Gasteiger partial charge in [0.25, 0.3) is 0 Å². The van der Waals surface area contributed by atoms with E-state index in [1.807, 2.05) is 24.3 Å². The molecule has 1 fully saturated rings. The Morgan fingerprint density at radius 2 is 1.87 bits per heavy atom. The van der Waals surface area contributed by atoms with Crippen molar-refractivity contribution in [3.63, 3.8) is 0 Å². The Kier molecular flexibility index (Phi) is 6.61. The fourth-order valence-corrected chi connectivity index (χ4v) is 2.98. The third kappa shape index (κ3) is 5.74. The molecule has 0 aromatic heterocycles. The van der Waals surface area contributed by atoms with Crippen molar-refractivity contribution < 1.29 is 9.59 Å². The summed E-state index contributed by atoms with van der Waals surface area (Å²) in [6, 6.07) is 9.14. The van der Waals surface area contributed by atoms with Crippen LogP contribution in [0, 0.1) is 17.2 Å². The molecule has 0 unspecified atom stereocenters. The Hall–Kier alpha value is -2.35. The van der Waals surface area contributed by atoms with Gasteiger partial charge in [-0.3, -0.25) is 9.59 Å². The van der Waals surface area contributed by atoms with Gasteiger partial charge >= 0.3 is 0 Å². The highest BCUT2D eigenvalue weighted by molar-refractivity contribution is 5.92. The van der Waals surface area contributed by atoms with Gasteiger partial charge in [0, 0.05) is 18.7 Å². The molecular formula is C18H23N3O2. The Labute approximate surface area is 137 Å². The first kappa shape index (κ1) is 17.0. The van der Waals surface area contributed by atoms with Gasteiger partial charge in [-0.15, -0.1) is 0 Å². The molecule has 0 aliphatic heterocycles. The van der Waals surface area contributed by atoms with Crippen LogP contribution in [-0.2, 0) is 16.1 Å². The molecule has 2 amide bonds. The first-order valence-electron chi connectivity index (χ1n) is 8.20. The topological polar surface area (TPSA) is 82.0 Å². The number of nitrogens with one attached hydrogen (secondary N) is 2. The van der Waals surface area contributed by atoms with Crippen molar-refractivity contribution in [2.45, 2.75) is 51.5 Å². The van der Waals surface area contributed by atoms with E-state index in [1.54, 1.807) is 6.07 Å². The van der Waals surface area contributed by atoms with E-state index in [4.69, 9.17) is 5.26 Å². The summed E-state index contributed by atoms with van der Waals surface area (Å²) in [4.78, 5) is 23.6. The summed E-state index contributed by atoms with van der Waals surface area (Å²) in [5.41, 5.74) is 1.49. The average molecular weight is 313 g/mol. The average Bonchev–Trinajstić information content (AvgIpc) is 2.55. The number of nitriles is 1. The maximum Gasteiger partial charge on any atom is 0.238 e. The van der Waals surface area contributed by atoms with Gasteiger partial charge < -0.3 is 10.6 Å². The summed E-state index contributed by atoms with van der Waals surface area (Å²) in [5, 5.41) is 14.2. The second kappa shape index (κ2) is 8.94. The first-order valence-corrected chi connectivity index (χ1v) is 8.20. The number of carbonyl (C=O) groups is 2. The minimum Gasteiger partial charge on any atom is -0.352 e. The van der Waals surface area contributed by atoms with Crippen LogP contribution in [0.4, 0.5) is 5.69 Å². The number of para-hydroxylation sites is 1. The molecular weight excluding hydrogens is 290 g/mol. The van der Waals surface area contributed by atoms with E-state index in [2.05, 4.69) is 10.6 Å². The summed E-state index contributed by atoms with van der Waals surface area (Å²) in [5.74, 6) is 0.234. The van der Waals surface area contributed by atoms with Crippen LogP contribution in [0.2, 0.25) is 0 Å². The van der Waals surface area contributed by atoms with Crippen LogP contribution in [0.25, 0.3) is 0 Å². The molecule has 2 rings (SSSR count). The smallest absolute Gasteiger partial charge is 0.238 e. The molecule has 0 saturated heterocycles. The normalized spacial score (nSPS) is 14.7. The number of anilines is 1. The van der Waals surface area contributed by atoms with Crippen LogP contribution < -0.4 is 10.6 Å². The van der Waals surface area contributed by atoms with E-state index in [0.29, 0.717) is 24.6 Å². The summed E-state index contributed by atoms with van der Waals surface area (Å²) in [6.07, 6.45) is 6.44. The minimum atomic E-state index is -0.339. The van der Waals surface area contributed by atoms with Crippen LogP contribution in [0.1, 0.15) is 50.5 Å². The molecule has 1 aliphatic rings. The highest BCUT2D eigenvalue weighted by atomic mass is 16.2. The lowest BCUT2D eigenvalue weighted by Crippen LogP contribution is -2.26. The molecule has 23 heavy (non-hydrogen) atoms. The van der Waals surface area contributed by atoms with Crippen molar-refractivity contribution in [3.05, 3.63) is 29.8 Å². The van der Waals surface area contributed by atoms with Crippen molar-refractivity contribution >= 4 is 17.5 Å². The Morgan fingerprint density at radius 3 is 2.61 bits per heavy atom. The number of carbonyl (C=O) groups excluding carboxylic acids is 2. The fourth-order valence-electron chi connectivity index (χ4n) is 2.98. The van der Waals surface area contributed by atoms with Crippen molar-refractivity contribution in [1.82, 2.24) is 5.32 Å². The van der Waals surface area contributed by atoms with E-state index in [1.165, 1.54) is 19.3 Å². The van der Waals surface area contributed by atoms with Crippen molar-refractivity contribution in [1.29, 1.82) is 5.26 Å². The highest BCUT2D eigenvalue weighted by Crippen LogP contribution is 2.26. The number of rotatable bonds is 6. The second-order valence-corrected chi connectivity index (χ2v) is 6.03. The Morgan fingerprint density at radius 1 is 1.13 bits per heavy atom. The minimum absolute atomic E-state index is 0.0649. The number of hydrogen-bond donors (Lipinski definition) is 2. The van der Waals surface area contributed by atoms with Crippen molar-refractivity contribution in [2.24, 2.45) is 5.92 Å². The zero-order chi connectivity index (χ0) is 16.5. The first-order chi connectivity index (χ1) is 11.2. The molecule has 1 aliphatic carbocycles. The van der Waals surface area contributed by atoms with Crippen molar-refractivity contribution in [3.8, 4) is 6.07 Å². The Balaban J connectivity index is 1.86. The van der Waals surface area contributed by atoms with Crippen LogP contribution >= 0.6 is 0 Å². The van der Waals surface area contributed by atoms with Gasteiger partial charge in [-0.25, -0.2) is 0 Å². The van der Waals surface area contributed by atoms with Crippen molar-refractivity contribution in [2.75, 3.05) is 5.32 Å². The molecule has 5 nitrogen and oxygen atoms in total. The maximum absolute atomic E-state index is 12.1. The largest absolute Gasteiger partial charge is 0.352 e. The molecule has 0 spiro atoms. The predicted molar refractivity (Wildman–Crippen MR) is 88.3 cm³/mol. The standard InChI is InChI=1S/C18H23N3O2/c19-11-10-17(22)21-16-9-5-4-8-15(16)13-20-18(23)12-14-6-2-1-3-7-14/h4-5,8-9,14H,1-3,6-7,10,12-13H2,(H,20,23)(H,21,22). The lowest BCUT2D eigenvalue weighted by molar-refractivity contribution is -0.122. The quantitative estimate of drug-likeness (QED) is 0.846. The van der Waals surface area contributed by atoms with Gasteiger partial charge in [0.15, 0.2) is 0 Å². The van der Waals surface area contributed by atoms with Crippen LogP contribution in [0.5, 0.6) is 0 Å². The molecule has 1 saturated carbocycles. The second-order valence-electron chi connectivity index (χ2n) is 6.03. The zero-order valence-corrected chi connectivity index (χ0v) is 13.3. The zero-order valence-electron chi connectivity index (χ0n) is 13.3. The van der Waals surface area contributed by atoms with Gasteiger partial charge in [0.2, 0.25) is 11.8 Å². The predicted octanol–water partition coefficient (Wildman–Crippen LogP) is 3.13. The number of amides is 2. The van der Waals surface area contributed by atoms with Gasteiger partial charge in [0.05, 0.1) is 6.07 Å². The summed E-state index contributed by atoms with van der Waals surface area (Å²) in [7, 11) is 0. The molecule has 1 aromatic carbocycles. The SMILES string of the molecule is N#CCC(=O)Nc1ccccc1CNC(=O)CC1CCCCC1.